The number of rotatable bonds is 4. The largest absolute Gasteiger partial charge is 0.396 e. The van der Waals surface area contributed by atoms with E-state index in [0.717, 1.165) is 16.8 Å². The molecule has 0 aliphatic rings. The predicted octanol–water partition coefficient (Wildman–Crippen LogP) is 2.78. The first-order valence-electron chi connectivity index (χ1n) is 6.27. The number of carbonyl (C=O) groups excluding carboxylic acids is 1. The number of aryl methyl sites for hydroxylation is 1. The van der Waals surface area contributed by atoms with E-state index in [1.54, 1.807) is 12.1 Å². The van der Waals surface area contributed by atoms with Crippen molar-refractivity contribution < 1.29 is 9.90 Å². The van der Waals surface area contributed by atoms with Gasteiger partial charge in [0.25, 0.3) is 5.91 Å². The monoisotopic (exact) mass is 255 g/mol. The molecule has 98 valence electrons. The van der Waals surface area contributed by atoms with E-state index in [0.29, 0.717) is 12.0 Å². The first-order valence-corrected chi connectivity index (χ1v) is 6.27. The maximum Gasteiger partial charge on any atom is 0.255 e. The van der Waals surface area contributed by atoms with Crippen LogP contribution in [0.1, 0.15) is 21.5 Å². The molecule has 2 N–H and O–H groups in total. The van der Waals surface area contributed by atoms with Crippen LogP contribution >= 0.6 is 0 Å². The summed E-state index contributed by atoms with van der Waals surface area (Å²) in [5, 5.41) is 11.7. The van der Waals surface area contributed by atoms with Crippen molar-refractivity contribution in [3.8, 4) is 0 Å². The van der Waals surface area contributed by atoms with Gasteiger partial charge in [-0.1, -0.05) is 29.8 Å². The Morgan fingerprint density at radius 3 is 2.26 bits per heavy atom. The first-order chi connectivity index (χ1) is 9.19. The zero-order valence-corrected chi connectivity index (χ0v) is 10.9. The van der Waals surface area contributed by atoms with Gasteiger partial charge in [0.1, 0.15) is 0 Å². The van der Waals surface area contributed by atoms with Gasteiger partial charge in [-0.3, -0.25) is 4.79 Å². The molecular formula is C16H17NO2. The van der Waals surface area contributed by atoms with Gasteiger partial charge >= 0.3 is 0 Å². The SMILES string of the molecule is Cc1ccc(NC(=O)c2ccc(CCO)cc2)cc1. The van der Waals surface area contributed by atoms with Crippen molar-refractivity contribution in [3.63, 3.8) is 0 Å². The lowest BCUT2D eigenvalue weighted by molar-refractivity contribution is 0.102. The predicted molar refractivity (Wildman–Crippen MR) is 76.4 cm³/mol. The molecule has 0 bridgehead atoms. The fourth-order valence-electron chi connectivity index (χ4n) is 1.79. The minimum atomic E-state index is -0.126. The fraction of sp³-hybridized carbons (Fsp3) is 0.188. The molecule has 19 heavy (non-hydrogen) atoms. The van der Waals surface area contributed by atoms with Crippen molar-refractivity contribution in [1.82, 2.24) is 0 Å². The van der Waals surface area contributed by atoms with Crippen LogP contribution in [0.2, 0.25) is 0 Å². The van der Waals surface area contributed by atoms with Crippen molar-refractivity contribution in [2.45, 2.75) is 13.3 Å². The molecule has 0 aliphatic heterocycles. The Labute approximate surface area is 112 Å². The summed E-state index contributed by atoms with van der Waals surface area (Å²) in [5.74, 6) is -0.126. The van der Waals surface area contributed by atoms with E-state index in [9.17, 15) is 4.79 Å². The molecule has 0 unspecified atom stereocenters. The van der Waals surface area contributed by atoms with E-state index in [-0.39, 0.29) is 12.5 Å². The van der Waals surface area contributed by atoms with Crippen molar-refractivity contribution >= 4 is 11.6 Å². The van der Waals surface area contributed by atoms with E-state index in [4.69, 9.17) is 5.11 Å². The average Bonchev–Trinajstić information content (AvgIpc) is 2.42. The molecule has 0 radical (unpaired) electrons. The van der Waals surface area contributed by atoms with Crippen LogP contribution in [0.4, 0.5) is 5.69 Å². The van der Waals surface area contributed by atoms with Crippen LogP contribution in [-0.4, -0.2) is 17.6 Å². The molecule has 2 aromatic carbocycles. The van der Waals surface area contributed by atoms with E-state index >= 15 is 0 Å². The molecule has 0 heterocycles. The number of amides is 1. The lowest BCUT2D eigenvalue weighted by atomic mass is 10.1. The minimum absolute atomic E-state index is 0.120. The van der Waals surface area contributed by atoms with Gasteiger partial charge < -0.3 is 10.4 Å². The number of hydrogen-bond donors (Lipinski definition) is 2. The molecule has 2 rings (SSSR count). The number of hydrogen-bond acceptors (Lipinski definition) is 2. The van der Waals surface area contributed by atoms with E-state index in [2.05, 4.69) is 5.32 Å². The van der Waals surface area contributed by atoms with E-state index in [1.807, 2.05) is 43.3 Å². The molecule has 0 atom stereocenters. The van der Waals surface area contributed by atoms with Crippen LogP contribution in [0.5, 0.6) is 0 Å². The highest BCUT2D eigenvalue weighted by Gasteiger charge is 2.05. The van der Waals surface area contributed by atoms with Gasteiger partial charge in [0.15, 0.2) is 0 Å². The Bertz CT molecular complexity index is 544. The van der Waals surface area contributed by atoms with Crippen LogP contribution in [-0.2, 0) is 6.42 Å². The van der Waals surface area contributed by atoms with Gasteiger partial charge in [0.2, 0.25) is 0 Å². The number of carbonyl (C=O) groups is 1. The topological polar surface area (TPSA) is 49.3 Å². The van der Waals surface area contributed by atoms with Crippen molar-refractivity contribution in [1.29, 1.82) is 0 Å². The third kappa shape index (κ3) is 3.66. The van der Waals surface area contributed by atoms with Crippen LogP contribution in [0.25, 0.3) is 0 Å². The van der Waals surface area contributed by atoms with Gasteiger partial charge in [-0.05, 0) is 43.2 Å². The smallest absolute Gasteiger partial charge is 0.255 e. The second-order valence-corrected chi connectivity index (χ2v) is 4.49. The molecule has 3 nitrogen and oxygen atoms in total. The molecule has 2 aromatic rings. The third-order valence-corrected chi connectivity index (χ3v) is 2.93. The molecule has 0 aromatic heterocycles. The maximum atomic E-state index is 12.0. The molecule has 0 saturated carbocycles. The second kappa shape index (κ2) is 6.16. The molecule has 3 heteroatoms. The van der Waals surface area contributed by atoms with Crippen LogP contribution in [0.3, 0.4) is 0 Å². The molecule has 0 fully saturated rings. The summed E-state index contributed by atoms with van der Waals surface area (Å²) in [6, 6.07) is 14.9. The molecule has 0 aliphatic carbocycles. The van der Waals surface area contributed by atoms with Crippen molar-refractivity contribution in [3.05, 3.63) is 65.2 Å². The fourth-order valence-corrected chi connectivity index (χ4v) is 1.79. The van der Waals surface area contributed by atoms with Gasteiger partial charge in [-0.15, -0.1) is 0 Å². The summed E-state index contributed by atoms with van der Waals surface area (Å²) < 4.78 is 0. The number of anilines is 1. The van der Waals surface area contributed by atoms with Crippen LogP contribution in [0.15, 0.2) is 48.5 Å². The summed E-state index contributed by atoms with van der Waals surface area (Å²) in [7, 11) is 0. The number of aliphatic hydroxyl groups is 1. The Morgan fingerprint density at radius 1 is 1.05 bits per heavy atom. The zero-order chi connectivity index (χ0) is 13.7. The summed E-state index contributed by atoms with van der Waals surface area (Å²) in [5.41, 5.74) is 3.58. The summed E-state index contributed by atoms with van der Waals surface area (Å²) >= 11 is 0. The Morgan fingerprint density at radius 2 is 1.68 bits per heavy atom. The molecule has 1 amide bonds. The molecular weight excluding hydrogens is 238 g/mol. The van der Waals surface area contributed by atoms with Crippen LogP contribution in [0, 0.1) is 6.92 Å². The Balaban J connectivity index is 2.05. The van der Waals surface area contributed by atoms with Crippen molar-refractivity contribution in [2.24, 2.45) is 0 Å². The Kier molecular flexibility index (Phi) is 4.31. The third-order valence-electron chi connectivity index (χ3n) is 2.93. The highest BCUT2D eigenvalue weighted by Crippen LogP contribution is 2.11. The molecule has 0 spiro atoms. The Hall–Kier alpha value is -2.13. The highest BCUT2D eigenvalue weighted by atomic mass is 16.2. The minimum Gasteiger partial charge on any atom is -0.396 e. The van der Waals surface area contributed by atoms with Gasteiger partial charge in [0, 0.05) is 17.9 Å². The summed E-state index contributed by atoms with van der Waals surface area (Å²) in [6.45, 7) is 2.13. The second-order valence-electron chi connectivity index (χ2n) is 4.49. The zero-order valence-electron chi connectivity index (χ0n) is 10.9. The number of nitrogens with one attached hydrogen (secondary N) is 1. The van der Waals surface area contributed by atoms with E-state index in [1.165, 1.54) is 0 Å². The highest BCUT2D eigenvalue weighted by molar-refractivity contribution is 6.04. The standard InChI is InChI=1S/C16H17NO2/c1-12-2-8-15(9-3-12)17-16(19)14-6-4-13(5-7-14)10-11-18/h2-9,18H,10-11H2,1H3,(H,17,19). The number of benzene rings is 2. The molecule has 0 saturated heterocycles. The quantitative estimate of drug-likeness (QED) is 0.882. The maximum absolute atomic E-state index is 12.0. The van der Waals surface area contributed by atoms with Crippen molar-refractivity contribution in [2.75, 3.05) is 11.9 Å². The summed E-state index contributed by atoms with van der Waals surface area (Å²) in [4.78, 5) is 12.0. The van der Waals surface area contributed by atoms with Gasteiger partial charge in [-0.2, -0.15) is 0 Å². The summed E-state index contributed by atoms with van der Waals surface area (Å²) in [6.07, 6.45) is 0.611. The first kappa shape index (κ1) is 13.3. The van der Waals surface area contributed by atoms with E-state index < -0.39 is 0 Å². The van der Waals surface area contributed by atoms with Gasteiger partial charge in [-0.25, -0.2) is 0 Å². The normalized spacial score (nSPS) is 10.2. The van der Waals surface area contributed by atoms with Gasteiger partial charge in [0.05, 0.1) is 0 Å². The lowest BCUT2D eigenvalue weighted by Crippen LogP contribution is -2.11. The lowest BCUT2D eigenvalue weighted by Gasteiger charge is -2.06. The average molecular weight is 255 g/mol. The number of aliphatic hydroxyl groups excluding tert-OH is 1. The van der Waals surface area contributed by atoms with Crippen LogP contribution < -0.4 is 5.32 Å².